The van der Waals surface area contributed by atoms with Crippen molar-refractivity contribution in [2.45, 2.75) is 238 Å². The molecule has 6 heteroatoms. The van der Waals surface area contributed by atoms with Crippen LogP contribution in [0.4, 0.5) is 0 Å². The molecule has 0 bridgehead atoms. The van der Waals surface area contributed by atoms with Crippen LogP contribution in [0.3, 0.4) is 0 Å². The number of carbonyl (C=O) groups excluding carboxylic acids is 2. The van der Waals surface area contributed by atoms with Crippen LogP contribution < -0.4 is 5.32 Å². The van der Waals surface area contributed by atoms with Crippen molar-refractivity contribution >= 4 is 11.9 Å². The maximum absolute atomic E-state index is 12.4. The highest BCUT2D eigenvalue weighted by Crippen LogP contribution is 2.14. The second kappa shape index (κ2) is 42.8. The standard InChI is InChI=1S/C47H87NO5/c1-3-5-7-9-11-13-15-17-21-25-29-33-37-41-47(52)53-42-38-34-30-26-22-19-16-18-20-24-28-32-36-40-46(51)48-44(43-49)45(50)39-35-31-27-23-14-12-10-8-6-4-2/h7,9,13,15,35,39,44-45,49-50H,3-6,8,10-12,14,16-34,36-38,40-43H2,1-2H3,(H,48,51)/b9-7-,15-13-,39-35+. The highest BCUT2D eigenvalue weighted by Gasteiger charge is 2.18. The first kappa shape index (κ1) is 51.1. The van der Waals surface area contributed by atoms with Gasteiger partial charge in [0, 0.05) is 12.8 Å². The van der Waals surface area contributed by atoms with Gasteiger partial charge in [-0.1, -0.05) is 192 Å². The number of esters is 1. The molecule has 0 aromatic rings. The van der Waals surface area contributed by atoms with E-state index in [2.05, 4.69) is 43.5 Å². The van der Waals surface area contributed by atoms with Crippen molar-refractivity contribution in [2.24, 2.45) is 0 Å². The molecule has 2 unspecified atom stereocenters. The number of aliphatic hydroxyl groups excluding tert-OH is 2. The smallest absolute Gasteiger partial charge is 0.305 e. The molecule has 1 amide bonds. The first-order chi connectivity index (χ1) is 26.0. The van der Waals surface area contributed by atoms with Gasteiger partial charge in [0.1, 0.15) is 0 Å². The fourth-order valence-corrected chi connectivity index (χ4v) is 6.61. The third-order valence-corrected chi connectivity index (χ3v) is 10.1. The molecule has 0 fully saturated rings. The number of carbonyl (C=O) groups is 2. The lowest BCUT2D eigenvalue weighted by Crippen LogP contribution is -2.45. The molecule has 0 aromatic heterocycles. The maximum Gasteiger partial charge on any atom is 0.305 e. The summed E-state index contributed by atoms with van der Waals surface area (Å²) in [5.74, 6) is -0.109. The van der Waals surface area contributed by atoms with Crippen LogP contribution in [0.25, 0.3) is 0 Å². The summed E-state index contributed by atoms with van der Waals surface area (Å²) in [6.07, 6.45) is 49.8. The maximum atomic E-state index is 12.4. The highest BCUT2D eigenvalue weighted by molar-refractivity contribution is 5.76. The number of allylic oxidation sites excluding steroid dienone is 5. The van der Waals surface area contributed by atoms with Crippen LogP contribution in [0, 0.1) is 0 Å². The molecule has 3 N–H and O–H groups in total. The van der Waals surface area contributed by atoms with Gasteiger partial charge in [-0.05, 0) is 57.8 Å². The first-order valence-corrected chi connectivity index (χ1v) is 22.8. The quantitative estimate of drug-likeness (QED) is 0.0329. The van der Waals surface area contributed by atoms with Crippen LogP contribution in [0.15, 0.2) is 36.5 Å². The normalized spacial score (nSPS) is 13.1. The second-order valence-electron chi connectivity index (χ2n) is 15.4. The Morgan fingerprint density at radius 2 is 0.981 bits per heavy atom. The summed E-state index contributed by atoms with van der Waals surface area (Å²) in [6, 6.07) is -0.636. The average Bonchev–Trinajstić information content (AvgIpc) is 3.16. The molecule has 0 spiro atoms. The Balaban J connectivity index is 3.49. The predicted molar refractivity (Wildman–Crippen MR) is 227 cm³/mol. The van der Waals surface area contributed by atoms with Crippen LogP contribution in [0.1, 0.15) is 226 Å². The SMILES string of the molecule is CCC/C=C\C/C=C\CCCCCCCC(=O)OCCCCCCCCCCCCCCCC(=O)NC(CO)C(O)/C=C/CCCCCCCCCC. The van der Waals surface area contributed by atoms with Crippen molar-refractivity contribution < 1.29 is 24.5 Å². The van der Waals surface area contributed by atoms with E-state index in [9.17, 15) is 19.8 Å². The summed E-state index contributed by atoms with van der Waals surface area (Å²) in [6.45, 7) is 4.76. The molecule has 0 rings (SSSR count). The largest absolute Gasteiger partial charge is 0.466 e. The van der Waals surface area contributed by atoms with Crippen LogP contribution in [-0.4, -0.2) is 47.4 Å². The molecule has 53 heavy (non-hydrogen) atoms. The van der Waals surface area contributed by atoms with Crippen LogP contribution in [-0.2, 0) is 14.3 Å². The van der Waals surface area contributed by atoms with Crippen LogP contribution in [0.5, 0.6) is 0 Å². The van der Waals surface area contributed by atoms with Crippen molar-refractivity contribution in [1.29, 1.82) is 0 Å². The Kier molecular flexibility index (Phi) is 41.3. The van der Waals surface area contributed by atoms with Gasteiger partial charge in [0.15, 0.2) is 0 Å². The predicted octanol–water partition coefficient (Wildman–Crippen LogP) is 12.9. The van der Waals surface area contributed by atoms with Crippen LogP contribution in [0.2, 0.25) is 0 Å². The average molecular weight is 746 g/mol. The highest BCUT2D eigenvalue weighted by atomic mass is 16.5. The van der Waals surface area contributed by atoms with Gasteiger partial charge in [-0.2, -0.15) is 0 Å². The molecule has 0 saturated carbocycles. The van der Waals surface area contributed by atoms with Crippen molar-refractivity contribution in [3.05, 3.63) is 36.5 Å². The van der Waals surface area contributed by atoms with Crippen molar-refractivity contribution in [3.63, 3.8) is 0 Å². The van der Waals surface area contributed by atoms with E-state index in [1.54, 1.807) is 6.08 Å². The summed E-state index contributed by atoms with van der Waals surface area (Å²) < 4.78 is 5.43. The van der Waals surface area contributed by atoms with Crippen molar-refractivity contribution in [1.82, 2.24) is 5.32 Å². The number of nitrogens with one attached hydrogen (secondary N) is 1. The Morgan fingerprint density at radius 1 is 0.528 bits per heavy atom. The number of aliphatic hydroxyl groups is 2. The molecule has 0 saturated heterocycles. The fraction of sp³-hybridized carbons (Fsp3) is 0.830. The lowest BCUT2D eigenvalue weighted by atomic mass is 10.0. The van der Waals surface area contributed by atoms with E-state index < -0.39 is 12.1 Å². The third kappa shape index (κ3) is 39.6. The van der Waals surface area contributed by atoms with Gasteiger partial charge in [0.05, 0.1) is 25.4 Å². The van der Waals surface area contributed by atoms with E-state index in [0.29, 0.717) is 19.4 Å². The zero-order chi connectivity index (χ0) is 38.7. The van der Waals surface area contributed by atoms with Gasteiger partial charge < -0.3 is 20.3 Å². The van der Waals surface area contributed by atoms with E-state index in [1.165, 1.54) is 128 Å². The Bertz CT molecular complexity index is 869. The van der Waals surface area contributed by atoms with E-state index in [0.717, 1.165) is 70.6 Å². The topological polar surface area (TPSA) is 95.9 Å². The summed E-state index contributed by atoms with van der Waals surface area (Å²) in [7, 11) is 0. The molecule has 0 aliphatic heterocycles. The number of hydrogen-bond donors (Lipinski definition) is 3. The summed E-state index contributed by atoms with van der Waals surface area (Å²) in [5, 5.41) is 22.9. The minimum Gasteiger partial charge on any atom is -0.466 e. The second-order valence-corrected chi connectivity index (χ2v) is 15.4. The summed E-state index contributed by atoms with van der Waals surface area (Å²) in [5.41, 5.74) is 0. The third-order valence-electron chi connectivity index (χ3n) is 10.1. The number of amides is 1. The molecular formula is C47H87NO5. The van der Waals surface area contributed by atoms with Gasteiger partial charge >= 0.3 is 5.97 Å². The molecule has 6 nitrogen and oxygen atoms in total. The Morgan fingerprint density at radius 3 is 1.51 bits per heavy atom. The number of hydrogen-bond acceptors (Lipinski definition) is 5. The van der Waals surface area contributed by atoms with Gasteiger partial charge in [-0.3, -0.25) is 9.59 Å². The number of rotatable bonds is 41. The Hall–Kier alpha value is -1.92. The van der Waals surface area contributed by atoms with Crippen molar-refractivity contribution in [3.8, 4) is 0 Å². The number of unbranched alkanes of at least 4 members (excludes halogenated alkanes) is 26. The monoisotopic (exact) mass is 746 g/mol. The molecule has 0 aromatic carbocycles. The summed E-state index contributed by atoms with van der Waals surface area (Å²) in [4.78, 5) is 24.3. The van der Waals surface area contributed by atoms with Gasteiger partial charge in [0.25, 0.3) is 0 Å². The lowest BCUT2D eigenvalue weighted by molar-refractivity contribution is -0.143. The molecule has 0 radical (unpaired) electrons. The van der Waals surface area contributed by atoms with E-state index >= 15 is 0 Å². The lowest BCUT2D eigenvalue weighted by Gasteiger charge is -2.20. The fourth-order valence-electron chi connectivity index (χ4n) is 6.61. The molecule has 2 atom stereocenters. The van der Waals surface area contributed by atoms with Crippen molar-refractivity contribution in [2.75, 3.05) is 13.2 Å². The molecule has 310 valence electrons. The van der Waals surface area contributed by atoms with Gasteiger partial charge in [-0.25, -0.2) is 0 Å². The molecule has 0 aliphatic rings. The molecule has 0 aliphatic carbocycles. The first-order valence-electron chi connectivity index (χ1n) is 22.8. The zero-order valence-electron chi connectivity index (χ0n) is 35.0. The zero-order valence-corrected chi connectivity index (χ0v) is 35.0. The molecule has 0 heterocycles. The van der Waals surface area contributed by atoms with Crippen LogP contribution >= 0.6 is 0 Å². The number of ether oxygens (including phenoxy) is 1. The Labute approximate surface area is 328 Å². The van der Waals surface area contributed by atoms with E-state index in [1.807, 2.05) is 6.08 Å². The van der Waals surface area contributed by atoms with E-state index in [4.69, 9.17) is 4.74 Å². The minimum atomic E-state index is -0.851. The van der Waals surface area contributed by atoms with Gasteiger partial charge in [-0.15, -0.1) is 0 Å². The summed E-state index contributed by atoms with van der Waals surface area (Å²) >= 11 is 0. The van der Waals surface area contributed by atoms with E-state index in [-0.39, 0.29) is 18.5 Å². The van der Waals surface area contributed by atoms with Gasteiger partial charge in [0.2, 0.25) is 5.91 Å². The molecular weight excluding hydrogens is 659 g/mol. The minimum absolute atomic E-state index is 0.0235.